The van der Waals surface area contributed by atoms with E-state index in [2.05, 4.69) is 56.9 Å². The SMILES string of the molecule is c1cc2nc(-c3ccc(CN4CCOCC4)cc3)cc(NCCCN3CCC4(CCOCC4)CC3)c2s1. The number of hydrogen-bond donors (Lipinski definition) is 1. The van der Waals surface area contributed by atoms with Crippen LogP contribution in [0.15, 0.2) is 41.8 Å². The van der Waals surface area contributed by atoms with Crippen LogP contribution in [0.4, 0.5) is 5.69 Å². The molecule has 2 aromatic heterocycles. The Kier molecular flexibility index (Phi) is 8.05. The lowest BCUT2D eigenvalue weighted by Gasteiger charge is -2.44. The molecule has 0 atom stereocenters. The van der Waals surface area contributed by atoms with Gasteiger partial charge in [0.05, 0.1) is 34.8 Å². The smallest absolute Gasteiger partial charge is 0.0838 e. The second-order valence-corrected chi connectivity index (χ2v) is 11.9. The molecule has 0 saturated carbocycles. The summed E-state index contributed by atoms with van der Waals surface area (Å²) in [6, 6.07) is 13.3. The van der Waals surface area contributed by atoms with Gasteiger partial charge < -0.3 is 19.7 Å². The first kappa shape index (κ1) is 25.3. The molecule has 0 bridgehead atoms. The Hall–Kier alpha value is -2.03. The van der Waals surface area contributed by atoms with Crippen molar-refractivity contribution in [3.8, 4) is 11.3 Å². The molecule has 6 nitrogen and oxygen atoms in total. The monoisotopic (exact) mass is 520 g/mol. The fourth-order valence-electron chi connectivity index (χ4n) is 6.12. The molecule has 3 fully saturated rings. The van der Waals surface area contributed by atoms with Crippen molar-refractivity contribution in [2.24, 2.45) is 5.41 Å². The summed E-state index contributed by atoms with van der Waals surface area (Å²) in [5.41, 5.74) is 6.45. The van der Waals surface area contributed by atoms with Crippen molar-refractivity contribution in [1.82, 2.24) is 14.8 Å². The van der Waals surface area contributed by atoms with Gasteiger partial charge in [0.1, 0.15) is 0 Å². The Balaban J connectivity index is 1.04. The van der Waals surface area contributed by atoms with E-state index in [1.54, 1.807) is 11.3 Å². The molecule has 198 valence electrons. The van der Waals surface area contributed by atoms with Crippen LogP contribution >= 0.6 is 11.3 Å². The van der Waals surface area contributed by atoms with Crippen molar-refractivity contribution in [2.45, 2.75) is 38.6 Å². The van der Waals surface area contributed by atoms with E-state index in [0.717, 1.165) is 70.2 Å². The van der Waals surface area contributed by atoms with Gasteiger partial charge in [0.2, 0.25) is 0 Å². The number of nitrogens with one attached hydrogen (secondary N) is 1. The predicted molar refractivity (Wildman–Crippen MR) is 152 cm³/mol. The number of anilines is 1. The zero-order valence-electron chi connectivity index (χ0n) is 21.9. The Morgan fingerprint density at radius 2 is 1.62 bits per heavy atom. The maximum Gasteiger partial charge on any atom is 0.0838 e. The second-order valence-electron chi connectivity index (χ2n) is 11.0. The molecule has 3 aromatic rings. The van der Waals surface area contributed by atoms with E-state index in [-0.39, 0.29) is 0 Å². The third-order valence-corrected chi connectivity index (χ3v) is 9.54. The summed E-state index contributed by atoms with van der Waals surface area (Å²) in [6.07, 6.45) is 6.38. The van der Waals surface area contributed by atoms with E-state index in [1.807, 2.05) is 0 Å². The number of likely N-dealkylation sites (tertiary alicyclic amines) is 1. The number of fused-ring (bicyclic) bond motifs is 1. The Morgan fingerprint density at radius 1 is 0.865 bits per heavy atom. The normalized spacial score (nSPS) is 21.0. The lowest BCUT2D eigenvalue weighted by molar-refractivity contribution is -0.0204. The molecule has 3 aliphatic rings. The van der Waals surface area contributed by atoms with Gasteiger partial charge in [0.15, 0.2) is 0 Å². The van der Waals surface area contributed by atoms with Crippen molar-refractivity contribution in [1.29, 1.82) is 0 Å². The zero-order valence-corrected chi connectivity index (χ0v) is 22.7. The molecule has 3 aliphatic heterocycles. The zero-order chi connectivity index (χ0) is 24.9. The third-order valence-electron chi connectivity index (χ3n) is 8.61. The molecule has 0 unspecified atom stereocenters. The molecular formula is C30H40N4O2S. The summed E-state index contributed by atoms with van der Waals surface area (Å²) in [5, 5.41) is 5.91. The van der Waals surface area contributed by atoms with Gasteiger partial charge in [0.25, 0.3) is 0 Å². The molecule has 1 spiro atoms. The van der Waals surface area contributed by atoms with Gasteiger partial charge in [-0.15, -0.1) is 11.3 Å². The van der Waals surface area contributed by atoms with Gasteiger partial charge in [-0.05, 0) is 80.2 Å². The number of morpholine rings is 1. The van der Waals surface area contributed by atoms with Crippen LogP contribution in [0.25, 0.3) is 21.5 Å². The third kappa shape index (κ3) is 6.18. The standard InChI is InChI=1S/C30H40N4O2S/c1(12-33-13-7-30(8-14-33)9-17-35-18-10-30)11-31-28-22-27(32-26-6-21-37-29(26)28)25-4-2-24(3-5-25)23-34-15-19-36-20-16-34/h2-6,21-22H,1,7-20,23H2,(H,31,32). The maximum atomic E-state index is 5.61. The minimum atomic E-state index is 0.575. The van der Waals surface area contributed by atoms with Crippen molar-refractivity contribution in [3.63, 3.8) is 0 Å². The average Bonchev–Trinajstić information content (AvgIpc) is 3.43. The van der Waals surface area contributed by atoms with Gasteiger partial charge >= 0.3 is 0 Å². The highest BCUT2D eigenvalue weighted by atomic mass is 32.1. The Morgan fingerprint density at radius 3 is 2.41 bits per heavy atom. The lowest BCUT2D eigenvalue weighted by Crippen LogP contribution is -2.43. The summed E-state index contributed by atoms with van der Waals surface area (Å²) in [7, 11) is 0. The summed E-state index contributed by atoms with van der Waals surface area (Å²) < 4.78 is 12.3. The van der Waals surface area contributed by atoms with Crippen LogP contribution in [0.1, 0.15) is 37.7 Å². The highest BCUT2D eigenvalue weighted by Gasteiger charge is 2.35. The van der Waals surface area contributed by atoms with Gasteiger partial charge in [-0.1, -0.05) is 24.3 Å². The summed E-state index contributed by atoms with van der Waals surface area (Å²) in [5.74, 6) is 0. The molecular weight excluding hydrogens is 480 g/mol. The molecule has 1 aromatic carbocycles. The molecule has 0 aliphatic carbocycles. The summed E-state index contributed by atoms with van der Waals surface area (Å²) >= 11 is 1.78. The number of hydrogen-bond acceptors (Lipinski definition) is 7. The van der Waals surface area contributed by atoms with Crippen molar-refractivity contribution in [3.05, 3.63) is 47.3 Å². The molecule has 5 heterocycles. The fourth-order valence-corrected chi connectivity index (χ4v) is 6.94. The number of ether oxygens (including phenoxy) is 2. The van der Waals surface area contributed by atoms with E-state index in [4.69, 9.17) is 14.5 Å². The van der Waals surface area contributed by atoms with Crippen LogP contribution in [-0.4, -0.2) is 80.5 Å². The topological polar surface area (TPSA) is 49.9 Å². The first-order valence-corrected chi connectivity index (χ1v) is 15.0. The van der Waals surface area contributed by atoms with Crippen molar-refractivity contribution in [2.75, 3.05) is 71.0 Å². The molecule has 0 amide bonds. The number of aromatic nitrogens is 1. The Bertz CT molecular complexity index is 1140. The van der Waals surface area contributed by atoms with Gasteiger partial charge in [-0.25, -0.2) is 4.98 Å². The van der Waals surface area contributed by atoms with Crippen LogP contribution in [0, 0.1) is 5.41 Å². The average molecular weight is 521 g/mol. The maximum absolute atomic E-state index is 5.61. The van der Waals surface area contributed by atoms with Crippen LogP contribution in [-0.2, 0) is 16.0 Å². The van der Waals surface area contributed by atoms with Crippen LogP contribution in [0.5, 0.6) is 0 Å². The van der Waals surface area contributed by atoms with Gasteiger partial charge in [-0.2, -0.15) is 0 Å². The summed E-state index contributed by atoms with van der Waals surface area (Å²) in [6.45, 7) is 11.3. The second kappa shape index (κ2) is 11.8. The first-order chi connectivity index (χ1) is 18.3. The predicted octanol–water partition coefficient (Wildman–Crippen LogP) is 5.49. The van der Waals surface area contributed by atoms with Crippen molar-refractivity contribution < 1.29 is 9.47 Å². The number of thiophene rings is 1. The molecule has 1 N–H and O–H groups in total. The summed E-state index contributed by atoms with van der Waals surface area (Å²) in [4.78, 5) is 10.1. The quantitative estimate of drug-likeness (QED) is 0.397. The van der Waals surface area contributed by atoms with E-state index in [0.29, 0.717) is 5.41 Å². The van der Waals surface area contributed by atoms with Crippen molar-refractivity contribution >= 4 is 27.2 Å². The van der Waals surface area contributed by atoms with Gasteiger partial charge in [-0.3, -0.25) is 4.90 Å². The first-order valence-electron chi connectivity index (χ1n) is 14.1. The molecule has 3 saturated heterocycles. The lowest BCUT2D eigenvalue weighted by atomic mass is 9.72. The van der Waals surface area contributed by atoms with Gasteiger partial charge in [0, 0.05) is 45.0 Å². The molecule has 0 radical (unpaired) electrons. The number of piperidine rings is 1. The molecule has 7 heteroatoms. The van der Waals surface area contributed by atoms with Crippen LogP contribution in [0.3, 0.4) is 0 Å². The number of pyridine rings is 1. The highest BCUT2D eigenvalue weighted by Crippen LogP contribution is 2.40. The largest absolute Gasteiger partial charge is 0.384 e. The minimum absolute atomic E-state index is 0.575. The van der Waals surface area contributed by atoms with E-state index < -0.39 is 0 Å². The highest BCUT2D eigenvalue weighted by molar-refractivity contribution is 7.17. The Labute approximate surface area is 225 Å². The fraction of sp³-hybridized carbons (Fsp3) is 0.567. The van der Waals surface area contributed by atoms with Crippen LogP contribution < -0.4 is 5.32 Å². The van der Waals surface area contributed by atoms with E-state index >= 15 is 0 Å². The number of rotatable bonds is 8. The van der Waals surface area contributed by atoms with E-state index in [9.17, 15) is 0 Å². The molecule has 6 rings (SSSR count). The van der Waals surface area contributed by atoms with E-state index in [1.165, 1.54) is 66.8 Å². The number of nitrogens with zero attached hydrogens (tertiary/aromatic N) is 3. The van der Waals surface area contributed by atoms with Crippen LogP contribution in [0.2, 0.25) is 0 Å². The minimum Gasteiger partial charge on any atom is -0.384 e. The molecule has 37 heavy (non-hydrogen) atoms. The number of benzene rings is 1.